The van der Waals surface area contributed by atoms with E-state index in [2.05, 4.69) is 15.3 Å². The van der Waals surface area contributed by atoms with Crippen molar-refractivity contribution in [2.75, 3.05) is 19.0 Å². The Bertz CT molecular complexity index is 488. The average Bonchev–Trinajstić information content (AvgIpc) is 2.38. The highest BCUT2D eigenvalue weighted by Gasteiger charge is 2.38. The molecule has 19 heavy (non-hydrogen) atoms. The number of hydrogen-bond donors (Lipinski definition) is 1. The number of anilines is 1. The first kappa shape index (κ1) is 13.2. The number of nitrogens with zero attached hydrogens (tertiary/aromatic N) is 4. The zero-order valence-electron chi connectivity index (χ0n) is 10.7. The molecule has 102 valence electrons. The molecular weight excluding hydrogens is 250 g/mol. The Hall–Kier alpha value is -2.25. The monoisotopic (exact) mass is 265 g/mol. The van der Waals surface area contributed by atoms with Crippen LogP contribution in [0.4, 0.5) is 5.95 Å². The van der Waals surface area contributed by atoms with Crippen molar-refractivity contribution in [3.05, 3.63) is 28.1 Å². The van der Waals surface area contributed by atoms with Gasteiger partial charge in [-0.05, 0) is 0 Å². The van der Waals surface area contributed by atoms with Gasteiger partial charge in [-0.25, -0.2) is 9.97 Å². The molecule has 1 aliphatic heterocycles. The molecule has 1 aliphatic rings. The van der Waals surface area contributed by atoms with E-state index in [0.29, 0.717) is 11.5 Å². The normalized spacial score (nSPS) is 22.7. The van der Waals surface area contributed by atoms with Crippen LogP contribution in [0.3, 0.4) is 0 Å². The zero-order valence-corrected chi connectivity index (χ0v) is 10.7. The first-order valence-electron chi connectivity index (χ1n) is 5.91. The fourth-order valence-electron chi connectivity index (χ4n) is 2.04. The number of hydrogen-bond acceptors (Lipinski definition) is 6. The molecule has 1 N–H and O–H groups in total. The van der Waals surface area contributed by atoms with Crippen LogP contribution in [0.15, 0.2) is 12.4 Å². The van der Waals surface area contributed by atoms with Gasteiger partial charge in [-0.2, -0.15) is 0 Å². The van der Waals surface area contributed by atoms with E-state index in [9.17, 15) is 14.9 Å². The van der Waals surface area contributed by atoms with Crippen LogP contribution in [0.1, 0.15) is 24.4 Å². The molecule has 1 amide bonds. The van der Waals surface area contributed by atoms with E-state index < -0.39 is 12.1 Å². The highest BCUT2D eigenvalue weighted by molar-refractivity contribution is 5.77. The maximum absolute atomic E-state index is 11.4. The molecule has 2 rings (SSSR count). The molecule has 8 nitrogen and oxygen atoms in total. The molecule has 0 saturated carbocycles. The fraction of sp³-hybridized carbons (Fsp3) is 0.545. The van der Waals surface area contributed by atoms with Crippen LogP contribution < -0.4 is 10.2 Å². The van der Waals surface area contributed by atoms with E-state index in [1.807, 2.05) is 0 Å². The highest BCUT2D eigenvalue weighted by Crippen LogP contribution is 2.25. The second-order valence-corrected chi connectivity index (χ2v) is 4.65. The molecule has 1 aromatic rings. The molecule has 1 aromatic heterocycles. The summed E-state index contributed by atoms with van der Waals surface area (Å²) in [7, 11) is 3.61. The Kier molecular flexibility index (Phi) is 3.59. The second-order valence-electron chi connectivity index (χ2n) is 4.65. The summed E-state index contributed by atoms with van der Waals surface area (Å²) in [6, 6.07) is -1.49. The Morgan fingerprint density at radius 2 is 2.05 bits per heavy atom. The largest absolute Gasteiger partial charge is 0.347 e. The van der Waals surface area contributed by atoms with Crippen molar-refractivity contribution in [1.29, 1.82) is 0 Å². The van der Waals surface area contributed by atoms with Gasteiger partial charge in [0.2, 0.25) is 17.9 Å². The van der Waals surface area contributed by atoms with Gasteiger partial charge < -0.3 is 10.2 Å². The highest BCUT2D eigenvalue weighted by atomic mass is 16.6. The lowest BCUT2D eigenvalue weighted by Crippen LogP contribution is -2.45. The number of carbonyl (C=O) groups excluding carboxylic acids is 1. The van der Waals surface area contributed by atoms with E-state index in [0.717, 1.165) is 0 Å². The van der Waals surface area contributed by atoms with E-state index in [-0.39, 0.29) is 23.7 Å². The summed E-state index contributed by atoms with van der Waals surface area (Å²) in [5.74, 6) is 0.336. The minimum atomic E-state index is -0.827. The van der Waals surface area contributed by atoms with Crippen molar-refractivity contribution in [3.63, 3.8) is 0 Å². The number of aromatic nitrogens is 2. The fourth-order valence-corrected chi connectivity index (χ4v) is 2.04. The van der Waals surface area contributed by atoms with Gasteiger partial charge in [0.1, 0.15) is 6.04 Å². The van der Waals surface area contributed by atoms with E-state index in [4.69, 9.17) is 0 Å². The Balaban J connectivity index is 2.26. The maximum atomic E-state index is 11.4. The maximum Gasteiger partial charge on any atom is 0.237 e. The lowest BCUT2D eigenvalue weighted by atomic mass is 9.94. The molecule has 0 radical (unpaired) electrons. The predicted octanol–water partition coefficient (Wildman–Crippen LogP) is 0.139. The number of rotatable bonds is 3. The summed E-state index contributed by atoms with van der Waals surface area (Å²) >= 11 is 0. The summed E-state index contributed by atoms with van der Waals surface area (Å²) in [5, 5.41) is 13.7. The number of carbonyl (C=O) groups is 1. The second kappa shape index (κ2) is 5.17. The molecule has 1 fully saturated rings. The van der Waals surface area contributed by atoms with Gasteiger partial charge in [0, 0.05) is 49.8 Å². The minimum Gasteiger partial charge on any atom is -0.347 e. The summed E-state index contributed by atoms with van der Waals surface area (Å²) in [6.45, 7) is 0. The Morgan fingerprint density at radius 3 is 2.58 bits per heavy atom. The topological polar surface area (TPSA) is 101 Å². The molecule has 1 saturated heterocycles. The molecule has 0 spiro atoms. The van der Waals surface area contributed by atoms with Crippen LogP contribution in [-0.2, 0) is 4.79 Å². The van der Waals surface area contributed by atoms with Crippen LogP contribution in [-0.4, -0.2) is 40.9 Å². The quantitative estimate of drug-likeness (QED) is 0.616. The molecular formula is C11H15N5O3. The van der Waals surface area contributed by atoms with Crippen LogP contribution in [0.2, 0.25) is 0 Å². The van der Waals surface area contributed by atoms with E-state index in [1.165, 1.54) is 12.4 Å². The van der Waals surface area contributed by atoms with E-state index >= 15 is 0 Å². The first-order chi connectivity index (χ1) is 8.99. The lowest BCUT2D eigenvalue weighted by Gasteiger charge is -2.26. The van der Waals surface area contributed by atoms with Crippen molar-refractivity contribution >= 4 is 11.9 Å². The van der Waals surface area contributed by atoms with Gasteiger partial charge in [0.15, 0.2) is 0 Å². The molecule has 0 bridgehead atoms. The third kappa shape index (κ3) is 2.78. The van der Waals surface area contributed by atoms with Crippen LogP contribution >= 0.6 is 0 Å². The predicted molar refractivity (Wildman–Crippen MR) is 67.3 cm³/mol. The Morgan fingerprint density at radius 1 is 1.42 bits per heavy atom. The molecule has 0 aliphatic carbocycles. The third-order valence-corrected chi connectivity index (χ3v) is 3.06. The third-order valence-electron chi connectivity index (χ3n) is 3.06. The van der Waals surface area contributed by atoms with Crippen molar-refractivity contribution < 1.29 is 9.72 Å². The molecule has 2 heterocycles. The van der Waals surface area contributed by atoms with Gasteiger partial charge in [-0.1, -0.05) is 0 Å². The number of amides is 1. The first-order valence-corrected chi connectivity index (χ1v) is 5.91. The van der Waals surface area contributed by atoms with Gasteiger partial charge in [0.05, 0.1) is 0 Å². The standard InChI is InChI=1S/C11H15N5O3/c1-15(2)11-12-5-7(6-13-11)10-8(16(18)19)3-4-9(17)14-10/h5-6,8,10H,3-4H2,1-2H3,(H,14,17)/t8-,10+/m0/s1. The summed E-state index contributed by atoms with van der Waals surface area (Å²) in [6.07, 6.45) is 3.46. The zero-order chi connectivity index (χ0) is 14.0. The van der Waals surface area contributed by atoms with Gasteiger partial charge in [0.25, 0.3) is 0 Å². The summed E-state index contributed by atoms with van der Waals surface area (Å²) in [5.41, 5.74) is 0.556. The molecule has 8 heteroatoms. The summed E-state index contributed by atoms with van der Waals surface area (Å²) < 4.78 is 0. The van der Waals surface area contributed by atoms with Gasteiger partial charge >= 0.3 is 0 Å². The average molecular weight is 265 g/mol. The van der Waals surface area contributed by atoms with Crippen molar-refractivity contribution in [2.45, 2.75) is 24.9 Å². The molecule has 2 atom stereocenters. The summed E-state index contributed by atoms with van der Waals surface area (Å²) in [4.78, 5) is 32.0. The lowest BCUT2D eigenvalue weighted by molar-refractivity contribution is -0.529. The van der Waals surface area contributed by atoms with Crippen LogP contribution in [0, 0.1) is 10.1 Å². The minimum absolute atomic E-state index is 0.179. The van der Waals surface area contributed by atoms with Crippen molar-refractivity contribution in [2.24, 2.45) is 0 Å². The molecule has 0 aromatic carbocycles. The van der Waals surface area contributed by atoms with Crippen molar-refractivity contribution in [1.82, 2.24) is 15.3 Å². The van der Waals surface area contributed by atoms with E-state index in [1.54, 1.807) is 19.0 Å². The number of piperidine rings is 1. The molecule has 0 unspecified atom stereocenters. The number of nitrogens with one attached hydrogen (secondary N) is 1. The number of nitro groups is 1. The van der Waals surface area contributed by atoms with Crippen LogP contribution in [0.5, 0.6) is 0 Å². The van der Waals surface area contributed by atoms with Gasteiger partial charge in [-0.3, -0.25) is 14.9 Å². The van der Waals surface area contributed by atoms with Gasteiger partial charge in [-0.15, -0.1) is 0 Å². The SMILES string of the molecule is CN(C)c1ncc([C@H]2NC(=O)CC[C@@H]2[N+](=O)[O-])cn1. The Labute approximate surface area is 110 Å². The smallest absolute Gasteiger partial charge is 0.237 e. The van der Waals surface area contributed by atoms with Crippen molar-refractivity contribution in [3.8, 4) is 0 Å². The van der Waals surface area contributed by atoms with Crippen LogP contribution in [0.25, 0.3) is 0 Å².